The first kappa shape index (κ1) is 11.1. The van der Waals surface area contributed by atoms with Crippen molar-refractivity contribution in [3.05, 3.63) is 65.7 Å². The lowest BCUT2D eigenvalue weighted by Crippen LogP contribution is -2.15. The number of benzene rings is 2. The molecule has 0 spiro atoms. The van der Waals surface area contributed by atoms with E-state index in [1.807, 2.05) is 0 Å². The van der Waals surface area contributed by atoms with Gasteiger partial charge in [0.05, 0.1) is 0 Å². The van der Waals surface area contributed by atoms with E-state index in [9.17, 15) is 0 Å². The van der Waals surface area contributed by atoms with Crippen LogP contribution in [0.5, 0.6) is 0 Å². The summed E-state index contributed by atoms with van der Waals surface area (Å²) >= 11 is 0. The second-order valence-electron chi connectivity index (χ2n) is 5.46. The normalized spacial score (nSPS) is 15.0. The maximum atomic E-state index is 5.81. The van der Waals surface area contributed by atoms with Crippen molar-refractivity contribution in [1.29, 1.82) is 0 Å². The molecule has 0 saturated carbocycles. The first-order chi connectivity index (χ1) is 8.51. The summed E-state index contributed by atoms with van der Waals surface area (Å²) in [5.41, 5.74) is 12.9. The van der Waals surface area contributed by atoms with Gasteiger partial charge in [0.2, 0.25) is 0 Å². The van der Waals surface area contributed by atoms with E-state index in [0.717, 1.165) is 5.56 Å². The second kappa shape index (κ2) is 3.49. The van der Waals surface area contributed by atoms with Gasteiger partial charge in [-0.3, -0.25) is 0 Å². The summed E-state index contributed by atoms with van der Waals surface area (Å²) in [5, 5.41) is 0. The zero-order chi connectivity index (χ0) is 12.9. The smallest absolute Gasteiger partial charge is 0.0314 e. The molecule has 2 N–H and O–H groups in total. The van der Waals surface area contributed by atoms with Crippen LogP contribution >= 0.6 is 0 Å². The predicted molar refractivity (Wildman–Crippen MR) is 77.2 cm³/mol. The summed E-state index contributed by atoms with van der Waals surface area (Å²) in [7, 11) is 0. The fraction of sp³-hybridized carbons (Fsp3) is 0.176. The van der Waals surface area contributed by atoms with Crippen LogP contribution in [0.4, 0.5) is 0 Å². The van der Waals surface area contributed by atoms with Crippen LogP contribution in [0.15, 0.2) is 49.0 Å². The van der Waals surface area contributed by atoms with Gasteiger partial charge < -0.3 is 5.73 Å². The third-order valence-corrected chi connectivity index (χ3v) is 3.95. The Morgan fingerprint density at radius 1 is 1.00 bits per heavy atom. The lowest BCUT2D eigenvalue weighted by Gasteiger charge is -2.21. The molecule has 0 bridgehead atoms. The molecule has 1 heteroatoms. The minimum Gasteiger partial charge on any atom is -0.399 e. The molecule has 2 aromatic carbocycles. The highest BCUT2D eigenvalue weighted by Gasteiger charge is 2.34. The van der Waals surface area contributed by atoms with Crippen LogP contribution in [0.1, 0.15) is 30.5 Å². The number of rotatable bonds is 1. The highest BCUT2D eigenvalue weighted by atomic mass is 14.6. The zero-order valence-electron chi connectivity index (χ0n) is 10.8. The van der Waals surface area contributed by atoms with Gasteiger partial charge in [-0.05, 0) is 33.9 Å². The van der Waals surface area contributed by atoms with E-state index in [4.69, 9.17) is 5.73 Å². The molecule has 90 valence electrons. The van der Waals surface area contributed by atoms with E-state index in [2.05, 4.69) is 62.9 Å². The Kier molecular flexibility index (Phi) is 2.15. The van der Waals surface area contributed by atoms with Gasteiger partial charge in [0.15, 0.2) is 0 Å². The van der Waals surface area contributed by atoms with Gasteiger partial charge in [-0.2, -0.15) is 0 Å². The van der Waals surface area contributed by atoms with Crippen molar-refractivity contribution < 1.29 is 0 Å². The van der Waals surface area contributed by atoms with Crippen LogP contribution in [0.25, 0.3) is 16.8 Å². The Morgan fingerprint density at radius 2 is 1.67 bits per heavy atom. The highest BCUT2D eigenvalue weighted by molar-refractivity contribution is 5.82. The molecule has 3 rings (SSSR count). The fourth-order valence-corrected chi connectivity index (χ4v) is 2.90. The van der Waals surface area contributed by atoms with E-state index in [1.54, 1.807) is 0 Å². The van der Waals surface area contributed by atoms with Crippen molar-refractivity contribution in [3.63, 3.8) is 0 Å². The molecular weight excluding hydrogens is 218 g/mol. The minimum absolute atomic E-state index is 0.0391. The maximum absolute atomic E-state index is 5.81. The molecule has 0 aliphatic heterocycles. The number of nitrogens with two attached hydrogens (primary N) is 1. The maximum Gasteiger partial charge on any atom is 0.0314 e. The Balaban J connectivity index is 2.31. The topological polar surface area (TPSA) is 26.0 Å². The van der Waals surface area contributed by atoms with Gasteiger partial charge in [0.1, 0.15) is 0 Å². The highest BCUT2D eigenvalue weighted by Crippen LogP contribution is 2.48. The molecule has 1 nitrogen and oxygen atoms in total. The molecule has 18 heavy (non-hydrogen) atoms. The first-order valence-corrected chi connectivity index (χ1v) is 6.21. The molecule has 0 atom stereocenters. The first-order valence-electron chi connectivity index (χ1n) is 6.21. The van der Waals surface area contributed by atoms with E-state index in [-0.39, 0.29) is 5.41 Å². The summed E-state index contributed by atoms with van der Waals surface area (Å²) in [4.78, 5) is 0. The van der Waals surface area contributed by atoms with Crippen molar-refractivity contribution in [2.75, 3.05) is 0 Å². The average Bonchev–Trinajstić information content (AvgIpc) is 2.59. The molecule has 1 aliphatic carbocycles. The van der Waals surface area contributed by atoms with Crippen LogP contribution in [0.3, 0.4) is 0 Å². The molecule has 1 aliphatic rings. The number of fused-ring (bicyclic) bond motifs is 3. The molecule has 0 unspecified atom stereocenters. The quantitative estimate of drug-likeness (QED) is 0.796. The van der Waals surface area contributed by atoms with E-state index < -0.39 is 0 Å². The molecule has 0 fully saturated rings. The largest absolute Gasteiger partial charge is 0.399 e. The van der Waals surface area contributed by atoms with E-state index >= 15 is 0 Å². The molecule has 0 radical (unpaired) electrons. The van der Waals surface area contributed by atoms with Crippen LogP contribution in [-0.2, 0) is 5.41 Å². The SMILES string of the molecule is C=C(N)c1ccc2c(c1)C(C)(C)c1ccccc1-2. The molecule has 0 heterocycles. The summed E-state index contributed by atoms with van der Waals surface area (Å²) in [5.74, 6) is 0. The van der Waals surface area contributed by atoms with Crippen molar-refractivity contribution in [2.24, 2.45) is 5.73 Å². The Hall–Kier alpha value is -2.02. The average molecular weight is 235 g/mol. The van der Waals surface area contributed by atoms with Crippen molar-refractivity contribution >= 4 is 5.70 Å². The molecule has 0 saturated heterocycles. The summed E-state index contributed by atoms with van der Waals surface area (Å²) in [6, 6.07) is 15.0. The molecule has 0 amide bonds. The third kappa shape index (κ3) is 1.34. The van der Waals surface area contributed by atoms with Crippen LogP contribution in [0, 0.1) is 0 Å². The minimum atomic E-state index is 0.0391. The standard InChI is InChI=1S/C17H17N/c1-11(18)12-8-9-14-13-6-4-5-7-15(13)17(2,3)16(14)10-12/h4-10H,1,18H2,2-3H3. The fourth-order valence-electron chi connectivity index (χ4n) is 2.90. The van der Waals surface area contributed by atoms with Gasteiger partial charge in [-0.25, -0.2) is 0 Å². The lowest BCUT2D eigenvalue weighted by molar-refractivity contribution is 0.660. The van der Waals surface area contributed by atoms with E-state index in [0.29, 0.717) is 5.70 Å². The van der Waals surface area contributed by atoms with Gasteiger partial charge >= 0.3 is 0 Å². The third-order valence-electron chi connectivity index (χ3n) is 3.95. The van der Waals surface area contributed by atoms with Crippen LogP contribution in [0.2, 0.25) is 0 Å². The second-order valence-corrected chi connectivity index (χ2v) is 5.46. The Labute approximate surface area is 108 Å². The number of hydrogen-bond donors (Lipinski definition) is 1. The number of hydrogen-bond acceptors (Lipinski definition) is 1. The van der Waals surface area contributed by atoms with Crippen LogP contribution < -0.4 is 5.73 Å². The molecular formula is C17H17N. The van der Waals surface area contributed by atoms with Crippen molar-refractivity contribution in [3.8, 4) is 11.1 Å². The summed E-state index contributed by atoms with van der Waals surface area (Å²) in [6.07, 6.45) is 0. The predicted octanol–water partition coefficient (Wildman–Crippen LogP) is 3.92. The van der Waals surface area contributed by atoms with E-state index in [1.165, 1.54) is 22.3 Å². The van der Waals surface area contributed by atoms with Crippen LogP contribution in [-0.4, -0.2) is 0 Å². The Morgan fingerprint density at radius 3 is 2.39 bits per heavy atom. The monoisotopic (exact) mass is 235 g/mol. The van der Waals surface area contributed by atoms with Crippen molar-refractivity contribution in [2.45, 2.75) is 19.3 Å². The zero-order valence-corrected chi connectivity index (χ0v) is 10.8. The van der Waals surface area contributed by atoms with Gasteiger partial charge in [0, 0.05) is 11.1 Å². The summed E-state index contributed by atoms with van der Waals surface area (Å²) < 4.78 is 0. The molecule has 0 aromatic heterocycles. The van der Waals surface area contributed by atoms with Gasteiger partial charge in [0.25, 0.3) is 0 Å². The summed E-state index contributed by atoms with van der Waals surface area (Å²) in [6.45, 7) is 8.35. The van der Waals surface area contributed by atoms with Gasteiger partial charge in [-0.15, -0.1) is 0 Å². The Bertz CT molecular complexity index is 650. The van der Waals surface area contributed by atoms with Crippen molar-refractivity contribution in [1.82, 2.24) is 0 Å². The molecule has 2 aromatic rings. The van der Waals surface area contributed by atoms with Gasteiger partial charge in [-0.1, -0.05) is 56.8 Å². The lowest BCUT2D eigenvalue weighted by atomic mass is 9.82.